The molecule has 0 fully saturated rings. The van der Waals surface area contributed by atoms with Crippen LogP contribution in [0.4, 0.5) is 10.1 Å². The van der Waals surface area contributed by atoms with E-state index in [1.54, 1.807) is 36.5 Å². The molecule has 2 aromatic carbocycles. The van der Waals surface area contributed by atoms with Gasteiger partial charge < -0.3 is 5.73 Å². The molecule has 0 aliphatic heterocycles. The van der Waals surface area contributed by atoms with Crippen LogP contribution in [0.5, 0.6) is 0 Å². The van der Waals surface area contributed by atoms with E-state index in [1.165, 1.54) is 16.7 Å². The number of nitrogens with zero attached hydrogens (tertiary/aromatic N) is 1. The van der Waals surface area contributed by atoms with E-state index in [0.717, 1.165) is 16.7 Å². The van der Waals surface area contributed by atoms with Gasteiger partial charge in [0, 0.05) is 17.8 Å². The Morgan fingerprint density at radius 3 is 2.41 bits per heavy atom. The van der Waals surface area contributed by atoms with Crippen LogP contribution in [0, 0.1) is 12.7 Å². The van der Waals surface area contributed by atoms with Crippen LogP contribution in [-0.2, 0) is 0 Å². The van der Waals surface area contributed by atoms with Crippen molar-refractivity contribution in [1.29, 1.82) is 0 Å². The Morgan fingerprint density at radius 1 is 1.05 bits per heavy atom. The normalized spacial score (nSPS) is 10.6. The van der Waals surface area contributed by atoms with Crippen LogP contribution >= 0.6 is 0 Å². The second-order valence-electron chi connectivity index (χ2n) is 5.14. The molecular weight excluding hydrogens is 279 g/mol. The van der Waals surface area contributed by atoms with Gasteiger partial charge in [-0.05, 0) is 42.3 Å². The summed E-state index contributed by atoms with van der Waals surface area (Å²) in [5, 5.41) is 0. The zero-order valence-corrected chi connectivity index (χ0v) is 12.1. The molecule has 0 saturated heterocycles. The fraction of sp³-hybridized carbons (Fsp3) is 0.0556. The highest BCUT2D eigenvalue weighted by molar-refractivity contribution is 5.67. The molecule has 0 saturated carbocycles. The van der Waals surface area contributed by atoms with Crippen LogP contribution in [0.3, 0.4) is 0 Å². The number of aromatic nitrogens is 1. The Kier molecular flexibility index (Phi) is 3.51. The zero-order valence-electron chi connectivity index (χ0n) is 12.1. The van der Waals surface area contributed by atoms with Gasteiger partial charge in [0.15, 0.2) is 0 Å². The highest BCUT2D eigenvalue weighted by Gasteiger charge is 2.09. The van der Waals surface area contributed by atoms with Crippen molar-refractivity contribution in [2.45, 2.75) is 6.92 Å². The highest BCUT2D eigenvalue weighted by atomic mass is 19.1. The molecular formula is C18H15FN2O. The Labute approximate surface area is 127 Å². The van der Waals surface area contributed by atoms with Crippen LogP contribution in [-0.4, -0.2) is 4.57 Å². The summed E-state index contributed by atoms with van der Waals surface area (Å²) in [7, 11) is 0. The van der Waals surface area contributed by atoms with E-state index in [4.69, 9.17) is 5.73 Å². The summed E-state index contributed by atoms with van der Waals surface area (Å²) < 4.78 is 14.6. The number of pyridine rings is 1. The van der Waals surface area contributed by atoms with Gasteiger partial charge in [-0.25, -0.2) is 4.39 Å². The van der Waals surface area contributed by atoms with E-state index in [-0.39, 0.29) is 11.4 Å². The molecule has 1 heterocycles. The van der Waals surface area contributed by atoms with Gasteiger partial charge in [0.2, 0.25) is 0 Å². The molecule has 0 bridgehead atoms. The summed E-state index contributed by atoms with van der Waals surface area (Å²) in [5.41, 5.74) is 9.52. The molecule has 4 heteroatoms. The van der Waals surface area contributed by atoms with Crippen molar-refractivity contribution in [1.82, 2.24) is 4.57 Å². The standard InChI is InChI=1S/C18H15FN2O/c1-12-10-18(22)21(17-5-3-2-4-16(17)20)11-15(12)13-6-8-14(19)9-7-13/h2-11H,20H2,1H3. The molecule has 0 spiro atoms. The van der Waals surface area contributed by atoms with Crippen LogP contribution < -0.4 is 11.3 Å². The van der Waals surface area contributed by atoms with Crippen LogP contribution in [0.1, 0.15) is 5.56 Å². The molecule has 3 nitrogen and oxygen atoms in total. The lowest BCUT2D eigenvalue weighted by Gasteiger charge is -2.13. The molecule has 0 aliphatic rings. The fourth-order valence-electron chi connectivity index (χ4n) is 2.45. The number of para-hydroxylation sites is 2. The fourth-order valence-corrected chi connectivity index (χ4v) is 2.45. The maximum atomic E-state index is 13.1. The highest BCUT2D eigenvalue weighted by Crippen LogP contribution is 2.24. The number of hydrogen-bond acceptors (Lipinski definition) is 2. The van der Waals surface area contributed by atoms with Crippen molar-refractivity contribution in [3.63, 3.8) is 0 Å². The number of aryl methyl sites for hydroxylation is 1. The average Bonchev–Trinajstić information content (AvgIpc) is 2.50. The number of anilines is 1. The van der Waals surface area contributed by atoms with Crippen molar-refractivity contribution in [2.75, 3.05) is 5.73 Å². The Morgan fingerprint density at radius 2 is 1.73 bits per heavy atom. The van der Waals surface area contributed by atoms with E-state index in [1.807, 2.05) is 19.1 Å². The largest absolute Gasteiger partial charge is 0.397 e. The smallest absolute Gasteiger partial charge is 0.255 e. The van der Waals surface area contributed by atoms with E-state index >= 15 is 0 Å². The third kappa shape index (κ3) is 2.51. The van der Waals surface area contributed by atoms with Gasteiger partial charge in [-0.3, -0.25) is 9.36 Å². The SMILES string of the molecule is Cc1cc(=O)n(-c2ccccc2N)cc1-c1ccc(F)cc1. The molecule has 0 atom stereocenters. The van der Waals surface area contributed by atoms with Crippen LogP contribution in [0.15, 0.2) is 65.6 Å². The molecule has 0 unspecified atom stereocenters. The maximum absolute atomic E-state index is 13.1. The predicted molar refractivity (Wildman–Crippen MR) is 86.6 cm³/mol. The maximum Gasteiger partial charge on any atom is 0.255 e. The zero-order chi connectivity index (χ0) is 15.7. The minimum absolute atomic E-state index is 0.152. The lowest BCUT2D eigenvalue weighted by Crippen LogP contribution is -2.18. The van der Waals surface area contributed by atoms with Gasteiger partial charge in [-0.2, -0.15) is 0 Å². The second-order valence-corrected chi connectivity index (χ2v) is 5.14. The first kappa shape index (κ1) is 14.1. The number of halogens is 1. The van der Waals surface area contributed by atoms with E-state index in [2.05, 4.69) is 0 Å². The average molecular weight is 294 g/mol. The molecule has 22 heavy (non-hydrogen) atoms. The monoisotopic (exact) mass is 294 g/mol. The second kappa shape index (κ2) is 5.48. The number of rotatable bonds is 2. The number of nitrogen functional groups attached to an aromatic ring is 1. The summed E-state index contributed by atoms with van der Waals surface area (Å²) in [6.07, 6.45) is 1.75. The van der Waals surface area contributed by atoms with Crippen molar-refractivity contribution in [3.8, 4) is 16.8 Å². The molecule has 3 rings (SSSR count). The number of hydrogen-bond donors (Lipinski definition) is 1. The topological polar surface area (TPSA) is 48.0 Å². The summed E-state index contributed by atoms with van der Waals surface area (Å²) in [4.78, 5) is 12.3. The van der Waals surface area contributed by atoms with E-state index in [0.29, 0.717) is 11.4 Å². The predicted octanol–water partition coefficient (Wildman–Crippen LogP) is 3.53. The first-order valence-corrected chi connectivity index (χ1v) is 6.90. The quantitative estimate of drug-likeness (QED) is 0.735. The molecule has 0 amide bonds. The summed E-state index contributed by atoms with van der Waals surface area (Å²) >= 11 is 0. The van der Waals surface area contributed by atoms with Crippen LogP contribution in [0.25, 0.3) is 16.8 Å². The van der Waals surface area contributed by atoms with Crippen molar-refractivity contribution in [2.24, 2.45) is 0 Å². The van der Waals surface area contributed by atoms with Crippen molar-refractivity contribution in [3.05, 3.63) is 82.5 Å². The van der Waals surface area contributed by atoms with E-state index < -0.39 is 0 Å². The molecule has 1 aromatic heterocycles. The number of nitrogens with two attached hydrogens (primary N) is 1. The summed E-state index contributed by atoms with van der Waals surface area (Å²) in [5.74, 6) is -0.290. The summed E-state index contributed by atoms with van der Waals surface area (Å²) in [6.45, 7) is 1.86. The molecule has 0 aliphatic carbocycles. The van der Waals surface area contributed by atoms with Gasteiger partial charge in [0.25, 0.3) is 5.56 Å². The molecule has 2 N–H and O–H groups in total. The molecule has 3 aromatic rings. The van der Waals surface area contributed by atoms with Gasteiger partial charge >= 0.3 is 0 Å². The minimum atomic E-state index is -0.290. The lowest BCUT2D eigenvalue weighted by molar-refractivity contribution is 0.628. The molecule has 110 valence electrons. The van der Waals surface area contributed by atoms with Gasteiger partial charge in [0.1, 0.15) is 5.82 Å². The van der Waals surface area contributed by atoms with Gasteiger partial charge in [-0.15, -0.1) is 0 Å². The number of benzene rings is 2. The Hall–Kier alpha value is -2.88. The van der Waals surface area contributed by atoms with Crippen molar-refractivity contribution < 1.29 is 4.39 Å². The van der Waals surface area contributed by atoms with Crippen molar-refractivity contribution >= 4 is 5.69 Å². The van der Waals surface area contributed by atoms with E-state index in [9.17, 15) is 9.18 Å². The Balaban J connectivity index is 2.22. The third-order valence-electron chi connectivity index (χ3n) is 3.61. The Bertz CT molecular complexity index is 882. The molecule has 0 radical (unpaired) electrons. The summed E-state index contributed by atoms with van der Waals surface area (Å²) in [6, 6.07) is 14.9. The third-order valence-corrected chi connectivity index (χ3v) is 3.61. The van der Waals surface area contributed by atoms with Gasteiger partial charge in [0.05, 0.1) is 11.4 Å². The first-order valence-electron chi connectivity index (χ1n) is 6.90. The lowest BCUT2D eigenvalue weighted by atomic mass is 10.0. The van der Waals surface area contributed by atoms with Gasteiger partial charge in [-0.1, -0.05) is 24.3 Å². The first-order chi connectivity index (χ1) is 10.6. The minimum Gasteiger partial charge on any atom is -0.397 e. The van der Waals surface area contributed by atoms with Crippen LogP contribution in [0.2, 0.25) is 0 Å².